The number of carbonyl (C=O) groups excluding carboxylic acids is 1. The first-order valence-corrected chi connectivity index (χ1v) is 7.65. The maximum absolute atomic E-state index is 12.0. The first kappa shape index (κ1) is 15.8. The predicted molar refractivity (Wildman–Crippen MR) is 83.8 cm³/mol. The van der Waals surface area contributed by atoms with Crippen LogP contribution in [0, 0.1) is 13.8 Å². The molecule has 0 aliphatic heterocycles. The Morgan fingerprint density at radius 2 is 2.05 bits per heavy atom. The fourth-order valence-corrected chi connectivity index (χ4v) is 2.49. The highest BCUT2D eigenvalue weighted by atomic mass is 79.9. The van der Waals surface area contributed by atoms with Crippen LogP contribution in [0.3, 0.4) is 0 Å². The third-order valence-electron chi connectivity index (χ3n) is 3.71. The molecule has 2 rings (SSSR count). The molecular formula is C14H20BrN5O. The molecule has 2 aromatic heterocycles. The van der Waals surface area contributed by atoms with Crippen LogP contribution in [0.2, 0.25) is 0 Å². The van der Waals surface area contributed by atoms with E-state index in [1.807, 2.05) is 37.2 Å². The van der Waals surface area contributed by atoms with Gasteiger partial charge in [0.2, 0.25) is 5.91 Å². The Morgan fingerprint density at radius 1 is 1.33 bits per heavy atom. The topological polar surface area (TPSA) is 64.7 Å². The second kappa shape index (κ2) is 6.43. The Hall–Kier alpha value is -1.63. The van der Waals surface area contributed by atoms with Crippen molar-refractivity contribution < 1.29 is 4.79 Å². The molecule has 0 aromatic carbocycles. The van der Waals surface area contributed by atoms with Crippen LogP contribution in [-0.2, 0) is 18.4 Å². The van der Waals surface area contributed by atoms with E-state index in [0.29, 0.717) is 13.0 Å². The van der Waals surface area contributed by atoms with Crippen LogP contribution < -0.4 is 5.32 Å². The summed E-state index contributed by atoms with van der Waals surface area (Å²) < 4.78 is 4.59. The highest BCUT2D eigenvalue weighted by Crippen LogP contribution is 2.17. The van der Waals surface area contributed by atoms with Crippen LogP contribution in [0.5, 0.6) is 0 Å². The largest absolute Gasteiger partial charge is 0.349 e. The van der Waals surface area contributed by atoms with Gasteiger partial charge in [-0.15, -0.1) is 0 Å². The van der Waals surface area contributed by atoms with Gasteiger partial charge in [0.1, 0.15) is 0 Å². The summed E-state index contributed by atoms with van der Waals surface area (Å²) in [5.74, 6) is 0.0109. The van der Waals surface area contributed by atoms with Gasteiger partial charge >= 0.3 is 0 Å². The SMILES string of the molecule is Cc1c(C(C)NC(=O)CCn2ncc(Br)c2C)cnn1C. The summed E-state index contributed by atoms with van der Waals surface area (Å²) >= 11 is 3.41. The Morgan fingerprint density at radius 3 is 2.57 bits per heavy atom. The highest BCUT2D eigenvalue weighted by Gasteiger charge is 2.15. The van der Waals surface area contributed by atoms with E-state index in [4.69, 9.17) is 0 Å². The molecule has 21 heavy (non-hydrogen) atoms. The van der Waals surface area contributed by atoms with Crippen molar-refractivity contribution in [1.82, 2.24) is 24.9 Å². The summed E-state index contributed by atoms with van der Waals surface area (Å²) in [7, 11) is 1.89. The average molecular weight is 354 g/mol. The van der Waals surface area contributed by atoms with E-state index < -0.39 is 0 Å². The molecule has 1 unspecified atom stereocenters. The number of carbonyl (C=O) groups is 1. The highest BCUT2D eigenvalue weighted by molar-refractivity contribution is 9.10. The van der Waals surface area contributed by atoms with Gasteiger partial charge in [0.05, 0.1) is 22.9 Å². The lowest BCUT2D eigenvalue weighted by atomic mass is 10.1. The van der Waals surface area contributed by atoms with Gasteiger partial charge in [-0.25, -0.2) is 0 Å². The minimum atomic E-state index is -0.0448. The van der Waals surface area contributed by atoms with Crippen LogP contribution in [-0.4, -0.2) is 25.5 Å². The Labute approximate surface area is 132 Å². The van der Waals surface area contributed by atoms with Gasteiger partial charge in [0, 0.05) is 37.0 Å². The number of aromatic nitrogens is 4. The van der Waals surface area contributed by atoms with Gasteiger partial charge < -0.3 is 5.32 Å². The first-order chi connectivity index (χ1) is 9.90. The predicted octanol–water partition coefficient (Wildman–Crippen LogP) is 2.26. The van der Waals surface area contributed by atoms with E-state index in [1.54, 1.807) is 12.4 Å². The summed E-state index contributed by atoms with van der Waals surface area (Å²) in [5.41, 5.74) is 3.14. The molecule has 0 radical (unpaired) electrons. The molecular weight excluding hydrogens is 334 g/mol. The van der Waals surface area contributed by atoms with Crippen molar-refractivity contribution in [2.75, 3.05) is 0 Å². The van der Waals surface area contributed by atoms with Crippen LogP contribution >= 0.6 is 15.9 Å². The maximum Gasteiger partial charge on any atom is 0.222 e. The fourth-order valence-electron chi connectivity index (χ4n) is 2.19. The molecule has 0 bridgehead atoms. The molecule has 0 saturated heterocycles. The second-order valence-electron chi connectivity index (χ2n) is 5.15. The van der Waals surface area contributed by atoms with Crippen LogP contribution in [0.1, 0.15) is 36.3 Å². The van der Waals surface area contributed by atoms with Crippen molar-refractivity contribution in [3.05, 3.63) is 33.8 Å². The molecule has 2 aromatic rings. The Balaban J connectivity index is 1.90. The number of nitrogens with one attached hydrogen (secondary N) is 1. The minimum Gasteiger partial charge on any atom is -0.349 e. The number of hydrogen-bond acceptors (Lipinski definition) is 3. The zero-order valence-electron chi connectivity index (χ0n) is 12.7. The summed E-state index contributed by atoms with van der Waals surface area (Å²) in [5, 5.41) is 11.4. The molecule has 114 valence electrons. The third kappa shape index (κ3) is 3.53. The van der Waals surface area contributed by atoms with Gasteiger partial charge in [0.25, 0.3) is 0 Å². The van der Waals surface area contributed by atoms with Crippen molar-refractivity contribution in [1.29, 1.82) is 0 Å². The molecule has 0 spiro atoms. The zero-order chi connectivity index (χ0) is 15.6. The van der Waals surface area contributed by atoms with Crippen molar-refractivity contribution in [2.45, 2.75) is 39.8 Å². The van der Waals surface area contributed by atoms with Crippen LogP contribution in [0.15, 0.2) is 16.9 Å². The fraction of sp³-hybridized carbons (Fsp3) is 0.500. The second-order valence-corrected chi connectivity index (χ2v) is 6.00. The quantitative estimate of drug-likeness (QED) is 0.896. The molecule has 6 nitrogen and oxygen atoms in total. The van der Waals surface area contributed by atoms with Crippen LogP contribution in [0.4, 0.5) is 0 Å². The standard InChI is InChI=1S/C14H20BrN5O/c1-9(12-7-16-19(4)10(12)2)18-14(21)5-6-20-11(3)13(15)8-17-20/h7-9H,5-6H2,1-4H3,(H,18,21). The van der Waals surface area contributed by atoms with Gasteiger partial charge in [-0.05, 0) is 36.7 Å². The van der Waals surface area contributed by atoms with Gasteiger partial charge in [-0.3, -0.25) is 14.2 Å². The number of nitrogens with zero attached hydrogens (tertiary/aromatic N) is 4. The number of rotatable bonds is 5. The van der Waals surface area contributed by atoms with Crippen LogP contribution in [0.25, 0.3) is 0 Å². The molecule has 1 N–H and O–H groups in total. The molecule has 0 aliphatic rings. The number of amides is 1. The number of halogens is 1. The van der Waals surface area contributed by atoms with E-state index in [2.05, 4.69) is 31.4 Å². The van der Waals surface area contributed by atoms with Gasteiger partial charge in [-0.2, -0.15) is 10.2 Å². The monoisotopic (exact) mass is 353 g/mol. The summed E-state index contributed by atoms with van der Waals surface area (Å²) in [6.07, 6.45) is 3.95. The Bertz CT molecular complexity index is 646. The van der Waals surface area contributed by atoms with Gasteiger partial charge in [0.15, 0.2) is 0 Å². The normalized spacial score (nSPS) is 12.4. The number of aryl methyl sites for hydroxylation is 2. The maximum atomic E-state index is 12.0. The van der Waals surface area contributed by atoms with Crippen molar-refractivity contribution in [3.63, 3.8) is 0 Å². The third-order valence-corrected chi connectivity index (χ3v) is 4.49. The van der Waals surface area contributed by atoms with Crippen molar-refractivity contribution in [3.8, 4) is 0 Å². The smallest absolute Gasteiger partial charge is 0.222 e. The van der Waals surface area contributed by atoms with Crippen molar-refractivity contribution in [2.24, 2.45) is 7.05 Å². The van der Waals surface area contributed by atoms with E-state index in [0.717, 1.165) is 21.4 Å². The summed E-state index contributed by atoms with van der Waals surface area (Å²) in [6, 6.07) is -0.0448. The number of hydrogen-bond donors (Lipinski definition) is 1. The average Bonchev–Trinajstić information content (AvgIpc) is 2.93. The van der Waals surface area contributed by atoms with E-state index >= 15 is 0 Å². The van der Waals surface area contributed by atoms with E-state index in [-0.39, 0.29) is 11.9 Å². The lowest BCUT2D eigenvalue weighted by Gasteiger charge is -2.14. The summed E-state index contributed by atoms with van der Waals surface area (Å²) in [4.78, 5) is 12.0. The van der Waals surface area contributed by atoms with Gasteiger partial charge in [-0.1, -0.05) is 0 Å². The zero-order valence-corrected chi connectivity index (χ0v) is 14.3. The molecule has 0 saturated carbocycles. The molecule has 7 heteroatoms. The van der Waals surface area contributed by atoms with E-state index in [1.165, 1.54) is 0 Å². The lowest BCUT2D eigenvalue weighted by Crippen LogP contribution is -2.28. The molecule has 2 heterocycles. The Kier molecular flexibility index (Phi) is 4.82. The minimum absolute atomic E-state index is 0.0109. The van der Waals surface area contributed by atoms with E-state index in [9.17, 15) is 4.79 Å². The molecule has 1 amide bonds. The lowest BCUT2D eigenvalue weighted by molar-refractivity contribution is -0.122. The summed E-state index contributed by atoms with van der Waals surface area (Å²) in [6.45, 7) is 6.51. The molecule has 1 atom stereocenters. The molecule has 0 aliphatic carbocycles. The molecule has 0 fully saturated rings. The van der Waals surface area contributed by atoms with Crippen molar-refractivity contribution >= 4 is 21.8 Å². The first-order valence-electron chi connectivity index (χ1n) is 6.86.